The Hall–Kier alpha value is -1.94. The first-order valence-electron chi connectivity index (χ1n) is 5.03. The fourth-order valence-corrected chi connectivity index (χ4v) is 1.81. The van der Waals surface area contributed by atoms with E-state index in [4.69, 9.17) is 5.53 Å². The number of nitrogens with zero attached hydrogens (tertiary/aromatic N) is 3. The maximum absolute atomic E-state index is 12.7. The number of hydrogen-bond donors (Lipinski definition) is 0. The Labute approximate surface area is 111 Å². The third-order valence-electron chi connectivity index (χ3n) is 2.36. The van der Waals surface area contributed by atoms with Crippen LogP contribution in [0.3, 0.4) is 0 Å². The summed E-state index contributed by atoms with van der Waals surface area (Å²) in [5.41, 5.74) is 6.79. The van der Waals surface area contributed by atoms with Crippen LogP contribution in [0.2, 0.25) is 0 Å². The van der Waals surface area contributed by atoms with E-state index >= 15 is 0 Å². The molecule has 0 aliphatic carbocycles. The average Bonchev–Trinajstić information content (AvgIpc) is 2.27. The van der Waals surface area contributed by atoms with Crippen LogP contribution in [-0.2, 0) is 17.0 Å². The summed E-state index contributed by atoms with van der Waals surface area (Å²) < 4.78 is 75.2. The molecule has 0 heterocycles. The molecule has 1 aromatic rings. The van der Waals surface area contributed by atoms with Gasteiger partial charge in [0, 0.05) is 4.91 Å². The van der Waals surface area contributed by atoms with Gasteiger partial charge in [-0.15, -0.1) is 5.46 Å². The Morgan fingerprint density at radius 2 is 2.00 bits per heavy atom. The zero-order chi connectivity index (χ0) is 15.6. The van der Waals surface area contributed by atoms with Crippen molar-refractivity contribution in [1.82, 2.24) is 0 Å². The standard InChI is InChI=1S/C8H7BF4N3O3S/c1-5-6(4-15-16-14)2-7(9(10,11)12)3-8(5)19-20(13,17)18/h2-3H,4H2,1H3/q-1. The second-order valence-corrected chi connectivity index (χ2v) is 4.70. The summed E-state index contributed by atoms with van der Waals surface area (Å²) in [7, 11) is -5.46. The van der Waals surface area contributed by atoms with Crippen LogP contribution in [0.5, 0.6) is 5.75 Å². The lowest BCUT2D eigenvalue weighted by molar-refractivity contribution is 0.437. The molecule has 0 amide bonds. The largest absolute Gasteiger partial charge is 0.509 e. The monoisotopic (exact) mass is 312 g/mol. The molecule has 6 nitrogen and oxygen atoms in total. The van der Waals surface area contributed by atoms with E-state index in [1.807, 2.05) is 0 Å². The fourth-order valence-electron chi connectivity index (χ4n) is 1.42. The molecule has 1 aromatic carbocycles. The minimum Gasteiger partial charge on any atom is -0.445 e. The SMILES string of the molecule is Cc1c(CN=[N+]=[N-])cc([B-](F)(F)F)cc1OS(=O)(=O)F. The highest BCUT2D eigenvalue weighted by Gasteiger charge is 2.28. The van der Waals surface area contributed by atoms with E-state index in [0.29, 0.717) is 12.1 Å². The van der Waals surface area contributed by atoms with Gasteiger partial charge in [0.15, 0.2) is 0 Å². The molecule has 0 radical (unpaired) electrons. The molecule has 0 spiro atoms. The van der Waals surface area contributed by atoms with Crippen molar-refractivity contribution < 1.29 is 29.4 Å². The van der Waals surface area contributed by atoms with Crippen LogP contribution in [0.4, 0.5) is 16.8 Å². The lowest BCUT2D eigenvalue weighted by Crippen LogP contribution is -2.34. The van der Waals surface area contributed by atoms with Gasteiger partial charge in [0.25, 0.3) is 0 Å². The van der Waals surface area contributed by atoms with Gasteiger partial charge < -0.3 is 17.1 Å². The predicted octanol–water partition coefficient (Wildman–Crippen LogP) is 2.45. The van der Waals surface area contributed by atoms with E-state index in [9.17, 15) is 25.3 Å². The Morgan fingerprint density at radius 3 is 2.45 bits per heavy atom. The Balaban J connectivity index is 3.45. The van der Waals surface area contributed by atoms with Crippen molar-refractivity contribution >= 4 is 22.9 Å². The lowest BCUT2D eigenvalue weighted by atomic mass is 9.78. The molecular formula is C8H7BF4N3O3S-. The summed E-state index contributed by atoms with van der Waals surface area (Å²) in [6, 6.07) is 1.08. The number of rotatable bonds is 5. The van der Waals surface area contributed by atoms with Gasteiger partial charge in [0.2, 0.25) is 0 Å². The predicted molar refractivity (Wildman–Crippen MR) is 63.4 cm³/mol. The number of hydrogen-bond acceptors (Lipinski definition) is 4. The van der Waals surface area contributed by atoms with E-state index in [1.54, 1.807) is 0 Å². The summed E-state index contributed by atoms with van der Waals surface area (Å²) >= 11 is 0. The van der Waals surface area contributed by atoms with Gasteiger partial charge in [0.1, 0.15) is 5.75 Å². The average molecular weight is 312 g/mol. The maximum atomic E-state index is 12.7. The molecular weight excluding hydrogens is 305 g/mol. The Kier molecular flexibility index (Phi) is 4.51. The van der Waals surface area contributed by atoms with Crippen molar-refractivity contribution in [3.05, 3.63) is 33.7 Å². The highest BCUT2D eigenvalue weighted by Crippen LogP contribution is 2.25. The normalized spacial score (nSPS) is 11.8. The molecule has 110 valence electrons. The van der Waals surface area contributed by atoms with E-state index in [-0.39, 0.29) is 11.1 Å². The van der Waals surface area contributed by atoms with E-state index in [2.05, 4.69) is 14.2 Å². The van der Waals surface area contributed by atoms with Gasteiger partial charge in [-0.25, -0.2) is 0 Å². The van der Waals surface area contributed by atoms with Crippen molar-refractivity contribution in [3.8, 4) is 5.75 Å². The molecule has 0 saturated carbocycles. The molecule has 0 fully saturated rings. The van der Waals surface area contributed by atoms with Gasteiger partial charge >= 0.3 is 17.5 Å². The summed E-state index contributed by atoms with van der Waals surface area (Å²) in [6.07, 6.45) is 0. The lowest BCUT2D eigenvalue weighted by Gasteiger charge is -2.19. The first kappa shape index (κ1) is 16.1. The number of halogens is 4. The van der Waals surface area contributed by atoms with Gasteiger partial charge in [0.05, 0.1) is 6.54 Å². The maximum Gasteiger partial charge on any atom is 0.509 e. The number of azide groups is 1. The summed E-state index contributed by atoms with van der Waals surface area (Å²) in [4.78, 5) is 2.38. The van der Waals surface area contributed by atoms with Crippen molar-refractivity contribution in [3.63, 3.8) is 0 Å². The third-order valence-corrected chi connectivity index (χ3v) is 2.74. The molecule has 20 heavy (non-hydrogen) atoms. The van der Waals surface area contributed by atoms with Gasteiger partial charge in [-0.3, -0.25) is 0 Å². The zero-order valence-corrected chi connectivity index (χ0v) is 10.7. The highest BCUT2D eigenvalue weighted by atomic mass is 32.3. The van der Waals surface area contributed by atoms with Crippen molar-refractivity contribution in [2.75, 3.05) is 0 Å². The third kappa shape index (κ3) is 4.32. The molecule has 0 saturated heterocycles. The highest BCUT2D eigenvalue weighted by molar-refractivity contribution is 7.81. The fraction of sp³-hybridized carbons (Fsp3) is 0.250. The van der Waals surface area contributed by atoms with Gasteiger partial charge in [-0.2, -0.15) is 8.42 Å². The van der Waals surface area contributed by atoms with E-state index in [1.165, 1.54) is 6.92 Å². The minimum absolute atomic E-state index is 0.0672. The van der Waals surface area contributed by atoms with Crippen molar-refractivity contribution in [2.45, 2.75) is 13.5 Å². The van der Waals surface area contributed by atoms with Crippen LogP contribution in [-0.4, -0.2) is 15.4 Å². The molecule has 12 heteroatoms. The van der Waals surface area contributed by atoms with Crippen LogP contribution in [0.15, 0.2) is 17.2 Å². The summed E-state index contributed by atoms with van der Waals surface area (Å²) in [6.45, 7) is -4.69. The van der Waals surface area contributed by atoms with E-state index in [0.717, 1.165) is 0 Å². The van der Waals surface area contributed by atoms with Crippen molar-refractivity contribution in [1.29, 1.82) is 0 Å². The molecule has 0 bridgehead atoms. The first-order chi connectivity index (χ1) is 9.04. The van der Waals surface area contributed by atoms with Crippen LogP contribution in [0.25, 0.3) is 10.4 Å². The first-order valence-corrected chi connectivity index (χ1v) is 6.33. The quantitative estimate of drug-likeness (QED) is 0.209. The summed E-state index contributed by atoms with van der Waals surface area (Å²) in [5.74, 6) is -0.799. The zero-order valence-electron chi connectivity index (χ0n) is 9.93. The van der Waals surface area contributed by atoms with Crippen molar-refractivity contribution in [2.24, 2.45) is 5.11 Å². The molecule has 0 aliphatic heterocycles. The smallest absolute Gasteiger partial charge is 0.445 e. The molecule has 0 atom stereocenters. The molecule has 0 aliphatic rings. The van der Waals surface area contributed by atoms with Crippen LogP contribution >= 0.6 is 0 Å². The van der Waals surface area contributed by atoms with Crippen LogP contribution in [0, 0.1) is 6.92 Å². The minimum atomic E-state index is -5.46. The van der Waals surface area contributed by atoms with Crippen LogP contribution < -0.4 is 9.65 Å². The second kappa shape index (κ2) is 5.59. The van der Waals surface area contributed by atoms with Gasteiger partial charge in [-0.05, 0) is 29.6 Å². The number of benzene rings is 1. The molecule has 1 rings (SSSR count). The second-order valence-electron chi connectivity index (χ2n) is 3.74. The Morgan fingerprint density at radius 1 is 1.40 bits per heavy atom. The molecule has 0 N–H and O–H groups in total. The Bertz CT molecular complexity index is 670. The van der Waals surface area contributed by atoms with Gasteiger partial charge in [-0.1, -0.05) is 15.1 Å². The molecule has 0 aromatic heterocycles. The van der Waals surface area contributed by atoms with E-state index < -0.39 is 35.2 Å². The van der Waals surface area contributed by atoms with Crippen LogP contribution in [0.1, 0.15) is 11.1 Å². The molecule has 0 unspecified atom stereocenters. The topological polar surface area (TPSA) is 92.1 Å². The summed E-state index contributed by atoms with van der Waals surface area (Å²) in [5, 5.41) is 3.09.